The standard InChI is InChI=1S/C23H27N3O4/c1-25(2)23(29)18-8-10-19(11-9-18)24-22(28)15-26-12-13-30-16-20(26)14-21(27)17-6-4-3-5-7-17/h3-11,20H,12-16H2,1-2H3,(H,24,28)/t20-/m0/s1. The van der Waals surface area contributed by atoms with Gasteiger partial charge >= 0.3 is 0 Å². The molecular weight excluding hydrogens is 382 g/mol. The fourth-order valence-electron chi connectivity index (χ4n) is 3.38. The summed E-state index contributed by atoms with van der Waals surface area (Å²) in [5.41, 5.74) is 1.85. The van der Waals surface area contributed by atoms with Crippen molar-refractivity contribution in [3.05, 3.63) is 65.7 Å². The Hall–Kier alpha value is -3.03. The molecule has 7 nitrogen and oxygen atoms in total. The molecule has 2 aromatic rings. The molecular formula is C23H27N3O4. The molecule has 3 rings (SSSR count). The van der Waals surface area contributed by atoms with Crippen LogP contribution in [0, 0.1) is 0 Å². The third kappa shape index (κ3) is 5.75. The van der Waals surface area contributed by atoms with E-state index in [2.05, 4.69) is 5.32 Å². The Morgan fingerprint density at radius 1 is 1.03 bits per heavy atom. The van der Waals surface area contributed by atoms with Crippen molar-refractivity contribution < 1.29 is 19.1 Å². The van der Waals surface area contributed by atoms with E-state index >= 15 is 0 Å². The number of carbonyl (C=O) groups excluding carboxylic acids is 3. The molecule has 0 aliphatic carbocycles. The summed E-state index contributed by atoms with van der Waals surface area (Å²) in [7, 11) is 3.39. The fraction of sp³-hybridized carbons (Fsp3) is 0.348. The van der Waals surface area contributed by atoms with Gasteiger partial charge in [0.25, 0.3) is 5.91 Å². The fourth-order valence-corrected chi connectivity index (χ4v) is 3.38. The van der Waals surface area contributed by atoms with E-state index in [1.54, 1.807) is 50.5 Å². The van der Waals surface area contributed by atoms with Crippen LogP contribution in [-0.2, 0) is 9.53 Å². The number of anilines is 1. The second-order valence-electron chi connectivity index (χ2n) is 7.52. The van der Waals surface area contributed by atoms with E-state index < -0.39 is 0 Å². The van der Waals surface area contributed by atoms with Crippen molar-refractivity contribution in [2.24, 2.45) is 0 Å². The largest absolute Gasteiger partial charge is 0.378 e. The lowest BCUT2D eigenvalue weighted by molar-refractivity contribution is -0.119. The molecule has 1 saturated heterocycles. The van der Waals surface area contributed by atoms with Crippen LogP contribution in [0.5, 0.6) is 0 Å². The molecule has 1 aliphatic heterocycles. The monoisotopic (exact) mass is 409 g/mol. The number of ketones is 1. The predicted octanol–water partition coefficient (Wildman–Crippen LogP) is 2.30. The molecule has 1 N–H and O–H groups in total. The van der Waals surface area contributed by atoms with Crippen LogP contribution in [0.4, 0.5) is 5.69 Å². The van der Waals surface area contributed by atoms with Crippen molar-refractivity contribution in [2.45, 2.75) is 12.5 Å². The molecule has 1 atom stereocenters. The molecule has 1 heterocycles. The Balaban J connectivity index is 1.57. The highest BCUT2D eigenvalue weighted by atomic mass is 16.5. The number of benzene rings is 2. The van der Waals surface area contributed by atoms with Crippen LogP contribution in [0.2, 0.25) is 0 Å². The van der Waals surface area contributed by atoms with Crippen LogP contribution in [0.25, 0.3) is 0 Å². The molecule has 0 bridgehead atoms. The van der Waals surface area contributed by atoms with Gasteiger partial charge in [-0.05, 0) is 24.3 Å². The van der Waals surface area contributed by atoms with Crippen LogP contribution in [0.1, 0.15) is 27.1 Å². The van der Waals surface area contributed by atoms with Crippen molar-refractivity contribution in [2.75, 3.05) is 45.7 Å². The lowest BCUT2D eigenvalue weighted by Gasteiger charge is -2.34. The number of hydrogen-bond donors (Lipinski definition) is 1. The molecule has 0 unspecified atom stereocenters. The zero-order valence-corrected chi connectivity index (χ0v) is 17.3. The van der Waals surface area contributed by atoms with Gasteiger partial charge in [-0.15, -0.1) is 0 Å². The number of Topliss-reactive ketones (excluding diaryl/α,β-unsaturated/α-hetero) is 1. The third-order valence-electron chi connectivity index (χ3n) is 5.03. The van der Waals surface area contributed by atoms with Gasteiger partial charge in [0.05, 0.1) is 19.8 Å². The molecule has 30 heavy (non-hydrogen) atoms. The molecule has 158 valence electrons. The van der Waals surface area contributed by atoms with Gasteiger partial charge in [0.15, 0.2) is 5.78 Å². The summed E-state index contributed by atoms with van der Waals surface area (Å²) in [6.45, 7) is 1.72. The Labute approximate surface area is 176 Å². The maximum absolute atomic E-state index is 12.6. The SMILES string of the molecule is CN(C)C(=O)c1ccc(NC(=O)CN2CCOC[C@@H]2CC(=O)c2ccccc2)cc1. The Morgan fingerprint density at radius 2 is 1.73 bits per heavy atom. The minimum Gasteiger partial charge on any atom is -0.378 e. The topological polar surface area (TPSA) is 79.0 Å². The lowest BCUT2D eigenvalue weighted by Crippen LogP contribution is -2.49. The summed E-state index contributed by atoms with van der Waals surface area (Å²) in [5, 5.41) is 2.86. The number of nitrogens with zero attached hydrogens (tertiary/aromatic N) is 2. The van der Waals surface area contributed by atoms with Gasteiger partial charge in [-0.25, -0.2) is 0 Å². The van der Waals surface area contributed by atoms with Crippen molar-refractivity contribution in [1.29, 1.82) is 0 Å². The third-order valence-corrected chi connectivity index (χ3v) is 5.03. The first-order valence-electron chi connectivity index (χ1n) is 9.95. The highest BCUT2D eigenvalue weighted by Crippen LogP contribution is 2.15. The summed E-state index contributed by atoms with van der Waals surface area (Å²) in [6, 6.07) is 15.8. The van der Waals surface area contributed by atoms with Crippen LogP contribution in [0.3, 0.4) is 0 Å². The van der Waals surface area contributed by atoms with E-state index in [4.69, 9.17) is 4.74 Å². The van der Waals surface area contributed by atoms with E-state index in [1.165, 1.54) is 4.90 Å². The second-order valence-corrected chi connectivity index (χ2v) is 7.52. The van der Waals surface area contributed by atoms with Crippen molar-refractivity contribution in [1.82, 2.24) is 9.80 Å². The second kappa shape index (κ2) is 10.1. The van der Waals surface area contributed by atoms with E-state index in [9.17, 15) is 14.4 Å². The summed E-state index contributed by atoms with van der Waals surface area (Å²) in [5.74, 6) is -0.217. The minimum absolute atomic E-state index is 0.0395. The number of rotatable bonds is 7. The van der Waals surface area contributed by atoms with Crippen LogP contribution < -0.4 is 5.32 Å². The van der Waals surface area contributed by atoms with Crippen LogP contribution in [0.15, 0.2) is 54.6 Å². The maximum Gasteiger partial charge on any atom is 0.253 e. The maximum atomic E-state index is 12.6. The molecule has 1 aliphatic rings. The van der Waals surface area contributed by atoms with Gasteiger partial charge in [-0.2, -0.15) is 0 Å². The lowest BCUT2D eigenvalue weighted by atomic mass is 10.0. The Bertz CT molecular complexity index is 881. The molecule has 7 heteroatoms. The Kier molecular flexibility index (Phi) is 7.32. The molecule has 1 fully saturated rings. The van der Waals surface area contributed by atoms with Gasteiger partial charge in [-0.1, -0.05) is 30.3 Å². The molecule has 0 spiro atoms. The van der Waals surface area contributed by atoms with E-state index in [1.807, 2.05) is 23.1 Å². The summed E-state index contributed by atoms with van der Waals surface area (Å²) >= 11 is 0. The Morgan fingerprint density at radius 3 is 2.40 bits per heavy atom. The summed E-state index contributed by atoms with van der Waals surface area (Å²) in [6.07, 6.45) is 0.304. The molecule has 0 saturated carbocycles. The molecule has 0 aromatic heterocycles. The molecule has 2 aromatic carbocycles. The molecule has 0 radical (unpaired) electrons. The van der Waals surface area contributed by atoms with E-state index in [0.29, 0.717) is 43.0 Å². The van der Waals surface area contributed by atoms with Crippen LogP contribution in [-0.4, -0.2) is 73.8 Å². The van der Waals surface area contributed by atoms with E-state index in [-0.39, 0.29) is 30.2 Å². The highest BCUT2D eigenvalue weighted by molar-refractivity contribution is 5.97. The summed E-state index contributed by atoms with van der Waals surface area (Å²) in [4.78, 5) is 40.6. The smallest absolute Gasteiger partial charge is 0.253 e. The van der Waals surface area contributed by atoms with Gasteiger partial charge in [0.2, 0.25) is 5.91 Å². The van der Waals surface area contributed by atoms with Gasteiger partial charge in [0.1, 0.15) is 0 Å². The summed E-state index contributed by atoms with van der Waals surface area (Å²) < 4.78 is 5.54. The first-order valence-corrected chi connectivity index (χ1v) is 9.95. The number of carbonyl (C=O) groups is 3. The quantitative estimate of drug-likeness (QED) is 0.710. The number of nitrogens with one attached hydrogen (secondary N) is 1. The van der Waals surface area contributed by atoms with Gasteiger partial charge in [0, 0.05) is 49.9 Å². The molecule has 2 amide bonds. The van der Waals surface area contributed by atoms with Crippen molar-refractivity contribution >= 4 is 23.3 Å². The normalized spacial score (nSPS) is 16.7. The average molecular weight is 409 g/mol. The average Bonchev–Trinajstić information content (AvgIpc) is 2.75. The minimum atomic E-state index is -0.166. The van der Waals surface area contributed by atoms with Gasteiger partial charge in [-0.3, -0.25) is 19.3 Å². The first-order chi connectivity index (χ1) is 14.4. The van der Waals surface area contributed by atoms with Crippen LogP contribution >= 0.6 is 0 Å². The number of ether oxygens (including phenoxy) is 1. The zero-order chi connectivity index (χ0) is 21.5. The predicted molar refractivity (Wildman–Crippen MR) is 115 cm³/mol. The number of amides is 2. The number of hydrogen-bond acceptors (Lipinski definition) is 5. The van der Waals surface area contributed by atoms with Crippen molar-refractivity contribution in [3.63, 3.8) is 0 Å². The first kappa shape index (κ1) is 21.7. The zero-order valence-electron chi connectivity index (χ0n) is 17.3. The van der Waals surface area contributed by atoms with Crippen molar-refractivity contribution in [3.8, 4) is 0 Å². The van der Waals surface area contributed by atoms with Gasteiger partial charge < -0.3 is 15.0 Å². The highest BCUT2D eigenvalue weighted by Gasteiger charge is 2.27. The number of morpholine rings is 1. The van der Waals surface area contributed by atoms with E-state index in [0.717, 1.165) is 0 Å².